The van der Waals surface area contributed by atoms with Crippen molar-refractivity contribution in [2.75, 3.05) is 7.11 Å². The normalized spacial score (nSPS) is 9.73. The second-order valence-electron chi connectivity index (χ2n) is 3.00. The highest BCUT2D eigenvalue weighted by molar-refractivity contribution is 6.30. The minimum Gasteiger partial charge on any atom is -0.465 e. The highest BCUT2D eigenvalue weighted by Gasteiger charge is 2.11. The van der Waals surface area contributed by atoms with Crippen LogP contribution in [0.25, 0.3) is 0 Å². The van der Waals surface area contributed by atoms with E-state index in [1.807, 2.05) is 0 Å². The van der Waals surface area contributed by atoms with Gasteiger partial charge in [-0.05, 0) is 30.2 Å². The first-order chi connectivity index (χ1) is 7.19. The molecule has 0 saturated carbocycles. The largest absolute Gasteiger partial charge is 0.465 e. The van der Waals surface area contributed by atoms with E-state index in [-0.39, 0.29) is 0 Å². The molecular formula is C11H11ClO3. The van der Waals surface area contributed by atoms with Crippen molar-refractivity contribution in [3.05, 3.63) is 34.3 Å². The Morgan fingerprint density at radius 1 is 1.53 bits per heavy atom. The van der Waals surface area contributed by atoms with Gasteiger partial charge < -0.3 is 9.53 Å². The molecule has 0 bridgehead atoms. The smallest absolute Gasteiger partial charge is 0.338 e. The molecule has 0 radical (unpaired) electrons. The summed E-state index contributed by atoms with van der Waals surface area (Å²) in [5, 5.41) is 0.545. The fraction of sp³-hybridized carbons (Fsp3) is 0.273. The topological polar surface area (TPSA) is 43.4 Å². The molecule has 0 N–H and O–H groups in total. The molecule has 0 aromatic heterocycles. The zero-order chi connectivity index (χ0) is 11.3. The number of aryl methyl sites for hydroxylation is 1. The van der Waals surface area contributed by atoms with E-state index < -0.39 is 5.97 Å². The third kappa shape index (κ3) is 3.06. The van der Waals surface area contributed by atoms with Crippen LogP contribution in [-0.4, -0.2) is 19.4 Å². The predicted octanol–water partition coefficient (Wildman–Crippen LogP) is 2.26. The number of ether oxygens (including phenoxy) is 1. The number of halogens is 1. The van der Waals surface area contributed by atoms with Crippen LogP contribution < -0.4 is 0 Å². The van der Waals surface area contributed by atoms with Crippen molar-refractivity contribution >= 4 is 23.9 Å². The quantitative estimate of drug-likeness (QED) is 0.584. The standard InChI is InChI=1S/C11H11ClO3/c1-15-11(14)10-5-4-9(12)7-8(10)3-2-6-13/h4-7H,2-3H2,1H3. The van der Waals surface area contributed by atoms with Crippen LogP contribution in [0.3, 0.4) is 0 Å². The van der Waals surface area contributed by atoms with Crippen molar-refractivity contribution in [3.63, 3.8) is 0 Å². The van der Waals surface area contributed by atoms with Gasteiger partial charge in [-0.2, -0.15) is 0 Å². The molecule has 0 aliphatic heterocycles. The molecule has 0 fully saturated rings. The van der Waals surface area contributed by atoms with Gasteiger partial charge in [0.2, 0.25) is 0 Å². The van der Waals surface area contributed by atoms with Gasteiger partial charge in [-0.25, -0.2) is 4.79 Å². The van der Waals surface area contributed by atoms with Gasteiger partial charge in [-0.15, -0.1) is 0 Å². The monoisotopic (exact) mass is 226 g/mol. The summed E-state index contributed by atoms with van der Waals surface area (Å²) in [6.07, 6.45) is 1.67. The highest BCUT2D eigenvalue weighted by atomic mass is 35.5. The number of aldehydes is 1. The molecule has 0 unspecified atom stereocenters. The van der Waals surface area contributed by atoms with E-state index >= 15 is 0 Å². The molecule has 0 aliphatic carbocycles. The molecule has 0 amide bonds. The summed E-state index contributed by atoms with van der Waals surface area (Å²) >= 11 is 5.80. The Kier molecular flexibility index (Phi) is 4.31. The Labute approximate surface area is 93.0 Å². The first kappa shape index (κ1) is 11.7. The van der Waals surface area contributed by atoms with Crippen molar-refractivity contribution in [2.24, 2.45) is 0 Å². The van der Waals surface area contributed by atoms with Crippen molar-refractivity contribution in [2.45, 2.75) is 12.8 Å². The fourth-order valence-electron chi connectivity index (χ4n) is 1.29. The number of rotatable bonds is 4. The van der Waals surface area contributed by atoms with E-state index in [4.69, 9.17) is 11.6 Å². The molecule has 1 rings (SSSR count). The van der Waals surface area contributed by atoms with Gasteiger partial charge in [-0.3, -0.25) is 0 Å². The lowest BCUT2D eigenvalue weighted by atomic mass is 10.0. The second-order valence-corrected chi connectivity index (χ2v) is 3.43. The predicted molar refractivity (Wildman–Crippen MR) is 57.2 cm³/mol. The zero-order valence-electron chi connectivity index (χ0n) is 8.33. The lowest BCUT2D eigenvalue weighted by molar-refractivity contribution is -0.107. The minimum absolute atomic E-state index is 0.365. The molecule has 80 valence electrons. The van der Waals surface area contributed by atoms with Crippen molar-refractivity contribution < 1.29 is 14.3 Å². The third-order valence-corrected chi connectivity index (χ3v) is 2.24. The molecule has 0 atom stereocenters. The molecular weight excluding hydrogens is 216 g/mol. The van der Waals surface area contributed by atoms with Gasteiger partial charge in [0, 0.05) is 11.4 Å². The maximum absolute atomic E-state index is 11.4. The van der Waals surface area contributed by atoms with Crippen LogP contribution in [0.5, 0.6) is 0 Å². The van der Waals surface area contributed by atoms with Crippen LogP contribution in [0.1, 0.15) is 22.3 Å². The number of carbonyl (C=O) groups excluding carboxylic acids is 2. The van der Waals surface area contributed by atoms with E-state index in [1.54, 1.807) is 18.2 Å². The van der Waals surface area contributed by atoms with E-state index in [1.165, 1.54) is 7.11 Å². The first-order valence-electron chi connectivity index (χ1n) is 4.49. The Bertz CT molecular complexity index is 374. The summed E-state index contributed by atoms with van der Waals surface area (Å²) < 4.78 is 4.63. The highest BCUT2D eigenvalue weighted by Crippen LogP contribution is 2.18. The van der Waals surface area contributed by atoms with Gasteiger partial charge in [0.05, 0.1) is 12.7 Å². The second kappa shape index (κ2) is 5.51. The maximum Gasteiger partial charge on any atom is 0.338 e. The molecule has 3 nitrogen and oxygen atoms in total. The molecule has 0 saturated heterocycles. The van der Waals surface area contributed by atoms with Crippen LogP contribution in [0.4, 0.5) is 0 Å². The average Bonchev–Trinajstić information content (AvgIpc) is 2.25. The SMILES string of the molecule is COC(=O)c1ccc(Cl)cc1CCC=O. The van der Waals surface area contributed by atoms with E-state index in [0.717, 1.165) is 11.8 Å². The van der Waals surface area contributed by atoms with Gasteiger partial charge >= 0.3 is 5.97 Å². The molecule has 15 heavy (non-hydrogen) atoms. The van der Waals surface area contributed by atoms with Crippen molar-refractivity contribution in [1.82, 2.24) is 0 Å². The molecule has 1 aromatic rings. The first-order valence-corrected chi connectivity index (χ1v) is 4.87. The Morgan fingerprint density at radius 2 is 2.27 bits per heavy atom. The lowest BCUT2D eigenvalue weighted by Gasteiger charge is -2.06. The van der Waals surface area contributed by atoms with Gasteiger partial charge in [0.15, 0.2) is 0 Å². The molecule has 4 heteroatoms. The van der Waals surface area contributed by atoms with Crippen LogP contribution in [-0.2, 0) is 16.0 Å². The molecule has 0 spiro atoms. The summed E-state index contributed by atoms with van der Waals surface area (Å²) in [7, 11) is 1.32. The summed E-state index contributed by atoms with van der Waals surface area (Å²) in [5.41, 5.74) is 1.20. The summed E-state index contributed by atoms with van der Waals surface area (Å²) in [4.78, 5) is 21.6. The van der Waals surface area contributed by atoms with Crippen LogP contribution in [0, 0.1) is 0 Å². The van der Waals surface area contributed by atoms with E-state index in [0.29, 0.717) is 23.4 Å². The molecule has 1 aromatic carbocycles. The molecule has 0 heterocycles. The van der Waals surface area contributed by atoms with Crippen molar-refractivity contribution in [3.8, 4) is 0 Å². The maximum atomic E-state index is 11.4. The van der Waals surface area contributed by atoms with Gasteiger partial charge in [-0.1, -0.05) is 11.6 Å². The Morgan fingerprint density at radius 3 is 2.87 bits per heavy atom. The average molecular weight is 227 g/mol. The molecule has 0 aliphatic rings. The zero-order valence-corrected chi connectivity index (χ0v) is 9.08. The van der Waals surface area contributed by atoms with E-state index in [2.05, 4.69) is 4.74 Å². The summed E-state index contributed by atoms with van der Waals surface area (Å²) in [6, 6.07) is 4.91. The number of esters is 1. The van der Waals surface area contributed by atoms with Crippen molar-refractivity contribution in [1.29, 1.82) is 0 Å². The number of methoxy groups -OCH3 is 1. The fourth-order valence-corrected chi connectivity index (χ4v) is 1.49. The van der Waals surface area contributed by atoms with Gasteiger partial charge in [0.25, 0.3) is 0 Å². The Hall–Kier alpha value is -1.35. The third-order valence-electron chi connectivity index (χ3n) is 2.00. The number of hydrogen-bond acceptors (Lipinski definition) is 3. The van der Waals surface area contributed by atoms with Crippen LogP contribution in [0.15, 0.2) is 18.2 Å². The number of carbonyl (C=O) groups is 2. The summed E-state index contributed by atoms with van der Waals surface area (Å²) in [6.45, 7) is 0. The summed E-state index contributed by atoms with van der Waals surface area (Å²) in [5.74, 6) is -0.410. The van der Waals surface area contributed by atoms with Crippen LogP contribution >= 0.6 is 11.6 Å². The lowest BCUT2D eigenvalue weighted by Crippen LogP contribution is -2.05. The van der Waals surface area contributed by atoms with E-state index in [9.17, 15) is 9.59 Å². The van der Waals surface area contributed by atoms with Crippen LogP contribution in [0.2, 0.25) is 5.02 Å². The van der Waals surface area contributed by atoms with Gasteiger partial charge in [0.1, 0.15) is 6.29 Å². The Balaban J connectivity index is 3.02. The number of hydrogen-bond donors (Lipinski definition) is 0. The number of benzene rings is 1. The minimum atomic E-state index is -0.410.